The zero-order chi connectivity index (χ0) is 25.9. The van der Waals surface area contributed by atoms with E-state index in [0.29, 0.717) is 30.4 Å². The molecule has 1 saturated heterocycles. The van der Waals surface area contributed by atoms with Crippen LogP contribution in [0.3, 0.4) is 0 Å². The number of anilines is 1. The summed E-state index contributed by atoms with van der Waals surface area (Å²) in [5.74, 6) is -0.567. The molecule has 0 saturated carbocycles. The molecule has 0 aliphatic carbocycles. The summed E-state index contributed by atoms with van der Waals surface area (Å²) >= 11 is 6.29. The molecule has 5 rings (SSSR count). The van der Waals surface area contributed by atoms with Crippen molar-refractivity contribution < 1.29 is 18.0 Å². The Morgan fingerprint density at radius 3 is 2.64 bits per heavy atom. The second-order valence-corrected chi connectivity index (χ2v) is 10.3. The van der Waals surface area contributed by atoms with Gasteiger partial charge in [0.15, 0.2) is 0 Å². The van der Waals surface area contributed by atoms with Gasteiger partial charge < -0.3 is 16.0 Å². The number of hydrogen-bond donors (Lipinski definition) is 2. The maximum absolute atomic E-state index is 13.3. The third-order valence-electron chi connectivity index (χ3n) is 7.15. The zero-order valence-electron chi connectivity index (χ0n) is 19.7. The quantitative estimate of drug-likeness (QED) is 0.527. The second-order valence-electron chi connectivity index (χ2n) is 9.91. The van der Waals surface area contributed by atoms with Gasteiger partial charge in [0, 0.05) is 54.9 Å². The number of likely N-dealkylation sites (tertiary alicyclic amines) is 1. The molecule has 1 spiro atoms. The van der Waals surface area contributed by atoms with Crippen molar-refractivity contribution in [3.63, 3.8) is 0 Å². The van der Waals surface area contributed by atoms with Gasteiger partial charge in [0.25, 0.3) is 0 Å². The van der Waals surface area contributed by atoms with Crippen LogP contribution in [0.15, 0.2) is 36.8 Å². The predicted octanol–water partition coefficient (Wildman–Crippen LogP) is 4.59. The van der Waals surface area contributed by atoms with Gasteiger partial charge in [0.05, 0.1) is 21.8 Å². The molecular formula is C24H25ClF3N7O. The van der Waals surface area contributed by atoms with Crippen molar-refractivity contribution in [1.29, 1.82) is 0 Å². The number of aryl methyl sites for hydroxylation is 1. The van der Waals surface area contributed by atoms with Crippen LogP contribution in [-0.4, -0.2) is 43.8 Å². The fraction of sp³-hybridized carbons (Fsp3) is 0.417. The molecule has 12 heteroatoms. The molecule has 0 bridgehead atoms. The van der Waals surface area contributed by atoms with Crippen LogP contribution in [0.5, 0.6) is 0 Å². The van der Waals surface area contributed by atoms with Crippen molar-refractivity contribution in [3.8, 4) is 11.3 Å². The van der Waals surface area contributed by atoms with Gasteiger partial charge in [-0.3, -0.25) is 9.67 Å². The van der Waals surface area contributed by atoms with Crippen LogP contribution in [0.2, 0.25) is 5.02 Å². The molecule has 3 aromatic rings. The lowest BCUT2D eigenvalue weighted by molar-refractivity contribution is -0.137. The molecule has 5 heterocycles. The predicted molar refractivity (Wildman–Crippen MR) is 128 cm³/mol. The van der Waals surface area contributed by atoms with E-state index in [-0.39, 0.29) is 17.0 Å². The maximum atomic E-state index is 13.3. The summed E-state index contributed by atoms with van der Waals surface area (Å²) in [4.78, 5) is 22.7. The molecule has 36 heavy (non-hydrogen) atoms. The minimum Gasteiger partial charge on any atom is -0.383 e. The summed E-state index contributed by atoms with van der Waals surface area (Å²) in [5, 5.41) is 8.08. The van der Waals surface area contributed by atoms with Gasteiger partial charge in [-0.1, -0.05) is 11.6 Å². The van der Waals surface area contributed by atoms with Crippen molar-refractivity contribution in [2.24, 2.45) is 0 Å². The molecule has 8 nitrogen and oxygen atoms in total. The summed E-state index contributed by atoms with van der Waals surface area (Å²) < 4.78 is 41.8. The molecule has 3 N–H and O–H groups in total. The van der Waals surface area contributed by atoms with E-state index in [1.165, 1.54) is 6.20 Å². The van der Waals surface area contributed by atoms with Crippen LogP contribution >= 0.6 is 11.6 Å². The minimum absolute atomic E-state index is 0.208. The van der Waals surface area contributed by atoms with Crippen LogP contribution in [0, 0.1) is 0 Å². The van der Waals surface area contributed by atoms with E-state index < -0.39 is 23.1 Å². The lowest BCUT2D eigenvalue weighted by Gasteiger charge is -2.31. The Morgan fingerprint density at radius 2 is 1.92 bits per heavy atom. The number of rotatable bonds is 3. The molecule has 0 radical (unpaired) electrons. The fourth-order valence-electron chi connectivity index (χ4n) is 5.20. The van der Waals surface area contributed by atoms with Gasteiger partial charge in [-0.2, -0.15) is 18.3 Å². The van der Waals surface area contributed by atoms with Gasteiger partial charge in [-0.15, -0.1) is 0 Å². The molecule has 3 aromatic heterocycles. The number of amides is 2. The number of nitrogens with zero attached hydrogens (tertiary/aromatic N) is 5. The van der Waals surface area contributed by atoms with Crippen molar-refractivity contribution in [3.05, 3.63) is 58.6 Å². The van der Waals surface area contributed by atoms with Crippen LogP contribution in [0.4, 0.5) is 23.8 Å². The number of aromatic nitrogens is 4. The number of carbonyl (C=O) groups is 1. The Labute approximate surface area is 210 Å². The number of urea groups is 1. The average Bonchev–Trinajstić information content (AvgIpc) is 3.50. The molecule has 1 atom stereocenters. The van der Waals surface area contributed by atoms with Crippen LogP contribution in [0.1, 0.15) is 43.5 Å². The van der Waals surface area contributed by atoms with Gasteiger partial charge >= 0.3 is 12.2 Å². The summed E-state index contributed by atoms with van der Waals surface area (Å²) in [5.41, 5.74) is 5.76. The van der Waals surface area contributed by atoms with Crippen LogP contribution in [-0.2, 0) is 23.7 Å². The third-order valence-corrected chi connectivity index (χ3v) is 7.45. The van der Waals surface area contributed by atoms with E-state index in [1.54, 1.807) is 23.4 Å². The van der Waals surface area contributed by atoms with Crippen molar-refractivity contribution in [1.82, 2.24) is 30.0 Å². The highest BCUT2D eigenvalue weighted by Gasteiger charge is 2.47. The van der Waals surface area contributed by atoms with Gasteiger partial charge in [0.2, 0.25) is 0 Å². The maximum Gasteiger partial charge on any atom is 0.419 e. The second kappa shape index (κ2) is 8.36. The first-order valence-electron chi connectivity index (χ1n) is 11.5. The summed E-state index contributed by atoms with van der Waals surface area (Å²) in [7, 11) is 0. The summed E-state index contributed by atoms with van der Waals surface area (Å²) in [6.45, 7) is 5.42. The van der Waals surface area contributed by atoms with Crippen molar-refractivity contribution >= 4 is 23.4 Å². The lowest BCUT2D eigenvalue weighted by Crippen LogP contribution is -2.48. The first-order chi connectivity index (χ1) is 16.9. The number of nitrogens with two attached hydrogens (primary N) is 1. The minimum atomic E-state index is -4.61. The molecule has 2 aliphatic rings. The highest BCUT2D eigenvalue weighted by Crippen LogP contribution is 2.44. The van der Waals surface area contributed by atoms with E-state index >= 15 is 0 Å². The van der Waals surface area contributed by atoms with Gasteiger partial charge in [-0.05, 0) is 50.5 Å². The Balaban J connectivity index is 1.36. The first kappa shape index (κ1) is 24.4. The standard InChI is InChI=1S/C24H25ClF3N7O/c1-22(2,15-3-6-30-12-17(15)25)32-21(36)34-7-4-23(13-34)5-8-35-19(23)10-18(33-35)14-9-16(24(26,27)28)20(29)31-11-14/h3,6,9-12H,4-5,7-8,13H2,1-2H3,(H2,29,31)(H,32,36)/t23-/m1/s1. The number of pyridine rings is 2. The molecule has 1 fully saturated rings. The highest BCUT2D eigenvalue weighted by atomic mass is 35.5. The third kappa shape index (κ3) is 4.15. The van der Waals surface area contributed by atoms with E-state index in [4.69, 9.17) is 17.3 Å². The Morgan fingerprint density at radius 1 is 1.17 bits per heavy atom. The van der Waals surface area contributed by atoms with E-state index in [9.17, 15) is 18.0 Å². The number of fused-ring (bicyclic) bond motifs is 2. The molecular weight excluding hydrogens is 495 g/mol. The molecule has 190 valence electrons. The fourth-order valence-corrected chi connectivity index (χ4v) is 5.56. The summed E-state index contributed by atoms with van der Waals surface area (Å²) in [6, 6.07) is 4.36. The number of alkyl halides is 3. The Bertz CT molecular complexity index is 1340. The average molecular weight is 520 g/mol. The highest BCUT2D eigenvalue weighted by molar-refractivity contribution is 6.31. The molecule has 2 amide bonds. The van der Waals surface area contributed by atoms with Crippen molar-refractivity contribution in [2.45, 2.75) is 50.4 Å². The first-order valence-corrected chi connectivity index (χ1v) is 11.9. The topological polar surface area (TPSA) is 102 Å². The SMILES string of the molecule is CC(C)(NC(=O)N1CC[C@@]2(CCn3nc(-c4cnc(N)c(C(F)(F)F)c4)cc32)C1)c1ccncc1Cl. The number of carbonyl (C=O) groups excluding carboxylic acids is 1. The zero-order valence-corrected chi connectivity index (χ0v) is 20.5. The number of hydrogen-bond acceptors (Lipinski definition) is 5. The number of nitrogens with one attached hydrogen (secondary N) is 1. The van der Waals surface area contributed by atoms with Gasteiger partial charge in [0.1, 0.15) is 5.82 Å². The monoisotopic (exact) mass is 519 g/mol. The van der Waals surface area contributed by atoms with Gasteiger partial charge in [-0.25, -0.2) is 9.78 Å². The number of nitrogen functional groups attached to an aromatic ring is 1. The van der Waals surface area contributed by atoms with Crippen LogP contribution < -0.4 is 11.1 Å². The smallest absolute Gasteiger partial charge is 0.383 e. The largest absolute Gasteiger partial charge is 0.419 e. The van der Waals surface area contributed by atoms with Crippen molar-refractivity contribution in [2.75, 3.05) is 18.8 Å². The Hall–Kier alpha value is -3.34. The molecule has 0 unspecified atom stereocenters. The van der Waals surface area contributed by atoms with Crippen LogP contribution in [0.25, 0.3) is 11.3 Å². The Kier molecular flexibility index (Phi) is 5.66. The normalized spacial score (nSPS) is 19.7. The number of halogens is 4. The van der Waals surface area contributed by atoms with E-state index in [2.05, 4.69) is 20.4 Å². The summed E-state index contributed by atoms with van der Waals surface area (Å²) in [6.07, 6.45) is 1.40. The van der Waals surface area contributed by atoms with E-state index in [0.717, 1.165) is 30.2 Å². The lowest BCUT2D eigenvalue weighted by atomic mass is 9.82. The molecule has 2 aliphatic heterocycles. The molecule has 0 aromatic carbocycles. The van der Waals surface area contributed by atoms with E-state index in [1.807, 2.05) is 24.6 Å².